The first-order valence-electron chi connectivity index (χ1n) is 6.20. The summed E-state index contributed by atoms with van der Waals surface area (Å²) in [5.74, 6) is -0.251. The summed E-state index contributed by atoms with van der Waals surface area (Å²) in [5, 5.41) is 0. The molecule has 1 unspecified atom stereocenters. The van der Waals surface area contributed by atoms with Crippen LogP contribution in [-0.2, 0) is 6.42 Å². The first-order chi connectivity index (χ1) is 9.85. The lowest BCUT2D eigenvalue weighted by molar-refractivity contribution is -0.274. The molecule has 0 heterocycles. The quantitative estimate of drug-likeness (QED) is 0.866. The van der Waals surface area contributed by atoms with Crippen LogP contribution in [-0.4, -0.2) is 6.36 Å². The number of hydrogen-bond acceptors (Lipinski definition) is 2. The summed E-state index contributed by atoms with van der Waals surface area (Å²) < 4.78 is 41.0. The molecule has 2 N–H and O–H groups in total. The number of nitrogens with two attached hydrogens (primary N) is 1. The van der Waals surface area contributed by atoms with Crippen molar-refractivity contribution in [3.05, 3.63) is 64.1 Å². The van der Waals surface area contributed by atoms with Crippen molar-refractivity contribution in [3.8, 4) is 5.75 Å². The highest BCUT2D eigenvalue weighted by Gasteiger charge is 2.31. The van der Waals surface area contributed by atoms with E-state index in [1.807, 2.05) is 24.3 Å². The van der Waals surface area contributed by atoms with Crippen molar-refractivity contribution in [1.29, 1.82) is 0 Å². The third kappa shape index (κ3) is 4.75. The molecule has 0 bridgehead atoms. The number of benzene rings is 2. The van der Waals surface area contributed by atoms with E-state index >= 15 is 0 Å². The Bertz CT molecular complexity index is 599. The van der Waals surface area contributed by atoms with E-state index in [1.54, 1.807) is 12.1 Å². The van der Waals surface area contributed by atoms with E-state index in [2.05, 4.69) is 20.7 Å². The molecule has 112 valence electrons. The molecule has 2 rings (SSSR count). The zero-order valence-electron chi connectivity index (χ0n) is 10.9. The summed E-state index contributed by atoms with van der Waals surface area (Å²) in [5.41, 5.74) is 7.88. The van der Waals surface area contributed by atoms with Crippen LogP contribution in [0.3, 0.4) is 0 Å². The molecule has 0 aromatic heterocycles. The van der Waals surface area contributed by atoms with Crippen LogP contribution in [0.25, 0.3) is 0 Å². The Balaban J connectivity index is 2.06. The predicted molar refractivity (Wildman–Crippen MR) is 77.9 cm³/mol. The SMILES string of the molecule is NC(Cc1ccccc1Br)c1ccc(OC(F)(F)F)cc1. The standard InChI is InChI=1S/C15H13BrF3NO/c16-13-4-2-1-3-11(13)9-14(20)10-5-7-12(8-6-10)21-15(17,18)19/h1-8,14H,9,20H2. The Morgan fingerprint density at radius 1 is 1.05 bits per heavy atom. The number of ether oxygens (including phenoxy) is 1. The van der Waals surface area contributed by atoms with Crippen LogP contribution < -0.4 is 10.5 Å². The molecule has 0 aliphatic carbocycles. The fourth-order valence-corrected chi connectivity index (χ4v) is 2.38. The molecule has 0 spiro atoms. The van der Waals surface area contributed by atoms with Gasteiger partial charge in [-0.2, -0.15) is 0 Å². The number of alkyl halides is 3. The Kier molecular flexibility index (Phi) is 4.90. The topological polar surface area (TPSA) is 35.2 Å². The summed E-state index contributed by atoms with van der Waals surface area (Å²) >= 11 is 3.44. The third-order valence-electron chi connectivity index (χ3n) is 2.94. The number of hydrogen-bond donors (Lipinski definition) is 1. The van der Waals surface area contributed by atoms with E-state index in [1.165, 1.54) is 12.1 Å². The lowest BCUT2D eigenvalue weighted by Crippen LogP contribution is -2.17. The molecule has 2 aromatic carbocycles. The van der Waals surface area contributed by atoms with E-state index < -0.39 is 6.36 Å². The number of halogens is 4. The van der Waals surface area contributed by atoms with Crippen molar-refractivity contribution >= 4 is 15.9 Å². The molecule has 6 heteroatoms. The molecule has 21 heavy (non-hydrogen) atoms. The molecule has 0 saturated heterocycles. The normalized spacial score (nSPS) is 13.0. The molecule has 0 amide bonds. The van der Waals surface area contributed by atoms with Crippen LogP contribution in [0, 0.1) is 0 Å². The molecule has 0 saturated carbocycles. The van der Waals surface area contributed by atoms with Crippen molar-refractivity contribution in [2.75, 3.05) is 0 Å². The molecule has 2 nitrogen and oxygen atoms in total. The molecule has 0 aliphatic rings. The summed E-state index contributed by atoms with van der Waals surface area (Å²) in [4.78, 5) is 0. The molecule has 2 aromatic rings. The molecule has 1 atom stereocenters. The van der Waals surface area contributed by atoms with Crippen LogP contribution in [0.15, 0.2) is 53.0 Å². The van der Waals surface area contributed by atoms with Crippen LogP contribution in [0.5, 0.6) is 5.75 Å². The minimum Gasteiger partial charge on any atom is -0.406 e. The molecule has 0 radical (unpaired) electrons. The predicted octanol–water partition coefficient (Wildman–Crippen LogP) is 4.59. The van der Waals surface area contributed by atoms with Gasteiger partial charge in [0.1, 0.15) is 5.75 Å². The lowest BCUT2D eigenvalue weighted by atomic mass is 10.00. The van der Waals surface area contributed by atoms with E-state index in [0.29, 0.717) is 6.42 Å². The van der Waals surface area contributed by atoms with Crippen molar-refractivity contribution < 1.29 is 17.9 Å². The van der Waals surface area contributed by atoms with Gasteiger partial charge in [0.15, 0.2) is 0 Å². The third-order valence-corrected chi connectivity index (χ3v) is 3.71. The molecule has 0 fully saturated rings. The van der Waals surface area contributed by atoms with Gasteiger partial charge >= 0.3 is 6.36 Å². The van der Waals surface area contributed by atoms with Gasteiger partial charge in [0.2, 0.25) is 0 Å². The van der Waals surface area contributed by atoms with Gasteiger partial charge in [-0.05, 0) is 35.7 Å². The Morgan fingerprint density at radius 3 is 2.24 bits per heavy atom. The lowest BCUT2D eigenvalue weighted by Gasteiger charge is -2.14. The molecule has 0 aliphatic heterocycles. The monoisotopic (exact) mass is 359 g/mol. The second kappa shape index (κ2) is 6.49. The maximum absolute atomic E-state index is 12.1. The highest BCUT2D eigenvalue weighted by Crippen LogP contribution is 2.26. The summed E-state index contributed by atoms with van der Waals surface area (Å²) in [6.07, 6.45) is -4.10. The van der Waals surface area contributed by atoms with Crippen LogP contribution in [0.4, 0.5) is 13.2 Å². The number of rotatable bonds is 4. The van der Waals surface area contributed by atoms with Gasteiger partial charge < -0.3 is 10.5 Å². The maximum atomic E-state index is 12.1. The fourth-order valence-electron chi connectivity index (χ4n) is 1.94. The highest BCUT2D eigenvalue weighted by atomic mass is 79.9. The molecular formula is C15H13BrF3NO. The van der Waals surface area contributed by atoms with Gasteiger partial charge in [0.05, 0.1) is 0 Å². The summed E-state index contributed by atoms with van der Waals surface area (Å²) in [7, 11) is 0. The van der Waals surface area contributed by atoms with Crippen LogP contribution >= 0.6 is 15.9 Å². The van der Waals surface area contributed by atoms with Crippen molar-refractivity contribution in [1.82, 2.24) is 0 Å². The average molecular weight is 360 g/mol. The van der Waals surface area contributed by atoms with Crippen LogP contribution in [0.1, 0.15) is 17.2 Å². The van der Waals surface area contributed by atoms with Gasteiger partial charge in [0.25, 0.3) is 0 Å². The largest absolute Gasteiger partial charge is 0.573 e. The first-order valence-corrected chi connectivity index (χ1v) is 6.99. The smallest absolute Gasteiger partial charge is 0.406 e. The van der Waals surface area contributed by atoms with Crippen molar-refractivity contribution in [3.63, 3.8) is 0 Å². The Labute approximate surface area is 128 Å². The summed E-state index contributed by atoms with van der Waals surface area (Å²) in [6.45, 7) is 0. The zero-order valence-corrected chi connectivity index (χ0v) is 12.5. The maximum Gasteiger partial charge on any atom is 0.573 e. The minimum atomic E-state index is -4.68. The average Bonchev–Trinajstić information content (AvgIpc) is 2.40. The van der Waals surface area contributed by atoms with Gasteiger partial charge in [-0.1, -0.05) is 46.3 Å². The van der Waals surface area contributed by atoms with Gasteiger partial charge in [-0.3, -0.25) is 0 Å². The van der Waals surface area contributed by atoms with Crippen LogP contribution in [0.2, 0.25) is 0 Å². The second-order valence-electron chi connectivity index (χ2n) is 4.52. The minimum absolute atomic E-state index is 0.251. The zero-order chi connectivity index (χ0) is 15.5. The Hall–Kier alpha value is -1.53. The Morgan fingerprint density at radius 2 is 1.67 bits per heavy atom. The van der Waals surface area contributed by atoms with E-state index in [9.17, 15) is 13.2 Å². The fraction of sp³-hybridized carbons (Fsp3) is 0.200. The molecular weight excluding hydrogens is 347 g/mol. The van der Waals surface area contributed by atoms with E-state index in [4.69, 9.17) is 5.73 Å². The highest BCUT2D eigenvalue weighted by molar-refractivity contribution is 9.10. The summed E-state index contributed by atoms with van der Waals surface area (Å²) in [6, 6.07) is 13.0. The van der Waals surface area contributed by atoms with Crippen molar-refractivity contribution in [2.24, 2.45) is 5.73 Å². The van der Waals surface area contributed by atoms with Gasteiger partial charge in [0, 0.05) is 10.5 Å². The van der Waals surface area contributed by atoms with E-state index in [0.717, 1.165) is 15.6 Å². The second-order valence-corrected chi connectivity index (χ2v) is 5.37. The van der Waals surface area contributed by atoms with E-state index in [-0.39, 0.29) is 11.8 Å². The van der Waals surface area contributed by atoms with Crippen molar-refractivity contribution in [2.45, 2.75) is 18.8 Å². The van der Waals surface area contributed by atoms with Gasteiger partial charge in [-0.25, -0.2) is 0 Å². The first kappa shape index (κ1) is 15.9. The van der Waals surface area contributed by atoms with Gasteiger partial charge in [-0.15, -0.1) is 13.2 Å².